The number of imide groups is 1. The Balaban J connectivity index is 2.48. The first kappa shape index (κ1) is 9.98. The number of halogens is 1. The van der Waals surface area contributed by atoms with Gasteiger partial charge in [-0.1, -0.05) is 11.6 Å². The number of anilines is 1. The number of hydrogen-bond acceptors (Lipinski definition) is 3. The van der Waals surface area contributed by atoms with Crippen molar-refractivity contribution in [1.29, 1.82) is 0 Å². The maximum atomic E-state index is 11.4. The molecule has 0 unspecified atom stereocenters. The normalized spacial score (nSPS) is 16.2. The third kappa shape index (κ3) is 1.68. The minimum atomic E-state index is -0.308. The van der Waals surface area contributed by atoms with Gasteiger partial charge in [0, 0.05) is 17.9 Å². The number of phenolic OH excluding ortho intramolecular Hbond substituents is 1. The highest BCUT2D eigenvalue weighted by Gasteiger charge is 2.31. The van der Waals surface area contributed by atoms with E-state index in [-0.39, 0.29) is 36.1 Å². The quantitative estimate of drug-likeness (QED) is 0.740. The van der Waals surface area contributed by atoms with Gasteiger partial charge in [-0.3, -0.25) is 9.59 Å². The molecule has 0 aliphatic carbocycles. The van der Waals surface area contributed by atoms with Crippen LogP contribution in [0.25, 0.3) is 0 Å². The monoisotopic (exact) mass is 225 g/mol. The first-order valence-electron chi connectivity index (χ1n) is 4.44. The maximum absolute atomic E-state index is 11.4. The summed E-state index contributed by atoms with van der Waals surface area (Å²) in [7, 11) is 0. The Morgan fingerprint density at radius 1 is 1.20 bits per heavy atom. The minimum Gasteiger partial charge on any atom is -0.506 e. The molecule has 1 aliphatic rings. The molecule has 0 aromatic heterocycles. The van der Waals surface area contributed by atoms with Gasteiger partial charge >= 0.3 is 0 Å². The molecule has 1 aromatic rings. The molecule has 1 saturated heterocycles. The van der Waals surface area contributed by atoms with Gasteiger partial charge in [0.25, 0.3) is 0 Å². The number of carbonyl (C=O) groups is 2. The lowest BCUT2D eigenvalue weighted by molar-refractivity contribution is -0.121. The molecule has 0 atom stereocenters. The van der Waals surface area contributed by atoms with Crippen LogP contribution in [0.1, 0.15) is 12.8 Å². The van der Waals surface area contributed by atoms with Gasteiger partial charge in [0.05, 0.1) is 5.69 Å². The molecule has 1 heterocycles. The molecule has 5 heteroatoms. The van der Waals surface area contributed by atoms with Gasteiger partial charge in [-0.25, -0.2) is 4.90 Å². The number of phenols is 1. The van der Waals surface area contributed by atoms with Gasteiger partial charge in [-0.2, -0.15) is 0 Å². The molecule has 0 radical (unpaired) electrons. The molecule has 2 rings (SSSR count). The first-order chi connectivity index (χ1) is 7.09. The summed E-state index contributed by atoms with van der Waals surface area (Å²) in [5.74, 6) is -0.738. The topological polar surface area (TPSA) is 57.6 Å². The highest BCUT2D eigenvalue weighted by molar-refractivity contribution is 6.31. The number of amides is 2. The highest BCUT2D eigenvalue weighted by Crippen LogP contribution is 2.33. The third-order valence-electron chi connectivity index (χ3n) is 2.23. The summed E-state index contributed by atoms with van der Waals surface area (Å²) in [5.41, 5.74) is 0.162. The standard InChI is InChI=1S/C10H8ClNO3/c11-6-1-2-8(13)7(5-6)12-9(14)3-4-10(12)15/h1-2,5,13H,3-4H2. The lowest BCUT2D eigenvalue weighted by Gasteiger charge is -2.15. The predicted octanol–water partition coefficient (Wildman–Crippen LogP) is 1.70. The van der Waals surface area contributed by atoms with E-state index in [0.717, 1.165) is 4.90 Å². The smallest absolute Gasteiger partial charge is 0.234 e. The Morgan fingerprint density at radius 2 is 1.80 bits per heavy atom. The van der Waals surface area contributed by atoms with Crippen molar-refractivity contribution in [2.24, 2.45) is 0 Å². The molecule has 0 saturated carbocycles. The summed E-state index contributed by atoms with van der Waals surface area (Å²) in [4.78, 5) is 23.8. The molecule has 4 nitrogen and oxygen atoms in total. The molecule has 1 fully saturated rings. The van der Waals surface area contributed by atoms with E-state index in [9.17, 15) is 14.7 Å². The summed E-state index contributed by atoms with van der Waals surface area (Å²) in [6.45, 7) is 0. The molecule has 2 amide bonds. The molecular formula is C10H8ClNO3. The second-order valence-electron chi connectivity index (χ2n) is 3.26. The van der Waals surface area contributed by atoms with Gasteiger partial charge in [0.1, 0.15) is 5.75 Å². The summed E-state index contributed by atoms with van der Waals surface area (Å²) in [6.07, 6.45) is 0.371. The van der Waals surface area contributed by atoms with E-state index < -0.39 is 0 Å². The first-order valence-corrected chi connectivity index (χ1v) is 4.81. The number of benzene rings is 1. The van der Waals surface area contributed by atoms with Crippen molar-refractivity contribution in [1.82, 2.24) is 0 Å². The van der Waals surface area contributed by atoms with Gasteiger partial charge in [-0.15, -0.1) is 0 Å². The molecule has 78 valence electrons. The molecule has 0 bridgehead atoms. The van der Waals surface area contributed by atoms with Crippen molar-refractivity contribution >= 4 is 29.1 Å². The van der Waals surface area contributed by atoms with E-state index in [4.69, 9.17) is 11.6 Å². The van der Waals surface area contributed by atoms with E-state index in [2.05, 4.69) is 0 Å². The van der Waals surface area contributed by atoms with Crippen LogP contribution in [0, 0.1) is 0 Å². The number of rotatable bonds is 1. The van der Waals surface area contributed by atoms with Gasteiger partial charge in [0.2, 0.25) is 11.8 Å². The van der Waals surface area contributed by atoms with Gasteiger partial charge in [0.15, 0.2) is 0 Å². The molecule has 1 aliphatic heterocycles. The summed E-state index contributed by atoms with van der Waals surface area (Å²) < 4.78 is 0. The third-order valence-corrected chi connectivity index (χ3v) is 2.46. The van der Waals surface area contributed by atoms with Crippen LogP contribution >= 0.6 is 11.6 Å². The number of hydrogen-bond donors (Lipinski definition) is 1. The number of nitrogens with zero attached hydrogens (tertiary/aromatic N) is 1. The SMILES string of the molecule is O=C1CCC(=O)N1c1cc(Cl)ccc1O. The fourth-order valence-corrected chi connectivity index (χ4v) is 1.69. The Labute approximate surface area is 91.1 Å². The average molecular weight is 226 g/mol. The van der Waals surface area contributed by atoms with Gasteiger partial charge < -0.3 is 5.11 Å². The van der Waals surface area contributed by atoms with E-state index in [1.165, 1.54) is 18.2 Å². The van der Waals surface area contributed by atoms with Crippen molar-refractivity contribution in [3.05, 3.63) is 23.2 Å². The van der Waals surface area contributed by atoms with Crippen LogP contribution in [-0.4, -0.2) is 16.9 Å². The number of carbonyl (C=O) groups excluding carboxylic acids is 2. The maximum Gasteiger partial charge on any atom is 0.234 e. The predicted molar refractivity (Wildman–Crippen MR) is 54.8 cm³/mol. The fourth-order valence-electron chi connectivity index (χ4n) is 1.52. The largest absolute Gasteiger partial charge is 0.506 e. The van der Waals surface area contributed by atoms with Crippen molar-refractivity contribution in [2.45, 2.75) is 12.8 Å². The van der Waals surface area contributed by atoms with Crippen molar-refractivity contribution in [3.8, 4) is 5.75 Å². The molecular weight excluding hydrogens is 218 g/mol. The van der Waals surface area contributed by atoms with E-state index >= 15 is 0 Å². The van der Waals surface area contributed by atoms with E-state index in [0.29, 0.717) is 5.02 Å². The molecule has 1 N–H and O–H groups in total. The Morgan fingerprint density at radius 3 is 2.40 bits per heavy atom. The Kier molecular flexibility index (Phi) is 2.36. The Bertz CT molecular complexity index is 428. The zero-order valence-electron chi connectivity index (χ0n) is 7.74. The second-order valence-corrected chi connectivity index (χ2v) is 3.69. The minimum absolute atomic E-state index is 0.122. The van der Waals surface area contributed by atoms with Crippen LogP contribution in [-0.2, 0) is 9.59 Å². The van der Waals surface area contributed by atoms with Crippen molar-refractivity contribution in [2.75, 3.05) is 4.90 Å². The van der Waals surface area contributed by atoms with Crippen LogP contribution in [0.3, 0.4) is 0 Å². The fraction of sp³-hybridized carbons (Fsp3) is 0.200. The van der Waals surface area contributed by atoms with Crippen LogP contribution in [0.4, 0.5) is 5.69 Å². The van der Waals surface area contributed by atoms with Crippen molar-refractivity contribution in [3.63, 3.8) is 0 Å². The molecule has 0 spiro atoms. The van der Waals surface area contributed by atoms with Crippen LogP contribution in [0.5, 0.6) is 5.75 Å². The van der Waals surface area contributed by atoms with Crippen molar-refractivity contribution < 1.29 is 14.7 Å². The second kappa shape index (κ2) is 3.55. The van der Waals surface area contributed by atoms with Crippen LogP contribution in [0.2, 0.25) is 5.02 Å². The zero-order valence-corrected chi connectivity index (χ0v) is 8.49. The zero-order chi connectivity index (χ0) is 11.0. The highest BCUT2D eigenvalue weighted by atomic mass is 35.5. The van der Waals surface area contributed by atoms with Gasteiger partial charge in [-0.05, 0) is 18.2 Å². The summed E-state index contributed by atoms with van der Waals surface area (Å²) in [5, 5.41) is 9.90. The summed E-state index contributed by atoms with van der Waals surface area (Å²) in [6, 6.07) is 4.25. The Hall–Kier alpha value is -1.55. The number of aromatic hydroxyl groups is 1. The van der Waals surface area contributed by atoms with Crippen LogP contribution < -0.4 is 4.90 Å². The lowest BCUT2D eigenvalue weighted by Crippen LogP contribution is -2.28. The molecule has 1 aromatic carbocycles. The molecule has 15 heavy (non-hydrogen) atoms. The lowest BCUT2D eigenvalue weighted by atomic mass is 10.2. The van der Waals surface area contributed by atoms with E-state index in [1.807, 2.05) is 0 Å². The van der Waals surface area contributed by atoms with Crippen LogP contribution in [0.15, 0.2) is 18.2 Å². The summed E-state index contributed by atoms with van der Waals surface area (Å²) >= 11 is 5.73. The van der Waals surface area contributed by atoms with E-state index in [1.54, 1.807) is 0 Å². The average Bonchev–Trinajstić information content (AvgIpc) is 2.51.